The number of nitrogens with zero attached hydrogens (tertiary/aromatic N) is 1. The zero-order valence-electron chi connectivity index (χ0n) is 9.88. The van der Waals surface area contributed by atoms with Crippen molar-refractivity contribution in [2.24, 2.45) is 5.73 Å². The van der Waals surface area contributed by atoms with Crippen molar-refractivity contribution >= 4 is 5.69 Å². The first-order valence-corrected chi connectivity index (χ1v) is 5.56. The van der Waals surface area contributed by atoms with Gasteiger partial charge in [0.2, 0.25) is 10.9 Å². The summed E-state index contributed by atoms with van der Waals surface area (Å²) in [5.41, 5.74) is 5.35. The molecule has 5 heteroatoms. The van der Waals surface area contributed by atoms with E-state index in [1.165, 1.54) is 0 Å². The van der Waals surface area contributed by atoms with E-state index in [1.807, 2.05) is 7.05 Å². The van der Waals surface area contributed by atoms with E-state index in [0.29, 0.717) is 17.8 Å². The molecule has 1 aromatic rings. The Morgan fingerprint density at radius 2 is 1.94 bits per heavy atom. The van der Waals surface area contributed by atoms with Crippen LogP contribution in [0.1, 0.15) is 18.9 Å². The summed E-state index contributed by atoms with van der Waals surface area (Å²) in [6, 6.07) is 0. The van der Waals surface area contributed by atoms with E-state index in [4.69, 9.17) is 5.73 Å². The minimum absolute atomic E-state index is 0.137. The molecule has 0 atom stereocenters. The van der Waals surface area contributed by atoms with Crippen molar-refractivity contribution in [3.8, 4) is 0 Å². The molecule has 16 heavy (non-hydrogen) atoms. The second-order valence-corrected chi connectivity index (χ2v) is 3.95. The number of hydrogen-bond donors (Lipinski definition) is 2. The predicted molar refractivity (Wildman–Crippen MR) is 65.5 cm³/mol. The van der Waals surface area contributed by atoms with Crippen LogP contribution in [0, 0.1) is 0 Å². The van der Waals surface area contributed by atoms with Crippen LogP contribution in [0.3, 0.4) is 0 Å². The van der Waals surface area contributed by atoms with E-state index in [1.54, 1.807) is 0 Å². The minimum atomic E-state index is -0.438. The smallest absolute Gasteiger partial charge is 0.249 e. The van der Waals surface area contributed by atoms with E-state index in [-0.39, 0.29) is 6.54 Å². The van der Waals surface area contributed by atoms with Crippen molar-refractivity contribution in [2.45, 2.75) is 19.9 Å². The van der Waals surface area contributed by atoms with E-state index in [2.05, 4.69) is 17.1 Å². The second-order valence-electron chi connectivity index (χ2n) is 3.95. The monoisotopic (exact) mass is 225 g/mol. The highest BCUT2D eigenvalue weighted by molar-refractivity contribution is 5.56. The van der Waals surface area contributed by atoms with Crippen molar-refractivity contribution in [1.29, 1.82) is 0 Å². The molecule has 0 saturated carbocycles. The van der Waals surface area contributed by atoms with Crippen molar-refractivity contribution in [2.75, 3.05) is 32.0 Å². The summed E-state index contributed by atoms with van der Waals surface area (Å²) in [6.07, 6.45) is 1.10. The first kappa shape index (κ1) is 12.9. The van der Waals surface area contributed by atoms with Crippen LogP contribution in [0.5, 0.6) is 0 Å². The van der Waals surface area contributed by atoms with E-state index in [9.17, 15) is 9.59 Å². The van der Waals surface area contributed by atoms with Gasteiger partial charge in [0.15, 0.2) is 0 Å². The number of anilines is 1. The summed E-state index contributed by atoms with van der Waals surface area (Å²) in [6.45, 7) is 4.78. The highest BCUT2D eigenvalue weighted by atomic mass is 16.2. The van der Waals surface area contributed by atoms with E-state index < -0.39 is 10.9 Å². The maximum Gasteiger partial charge on any atom is 0.249 e. The van der Waals surface area contributed by atoms with Gasteiger partial charge < -0.3 is 16.0 Å². The molecule has 0 fully saturated rings. The lowest BCUT2D eigenvalue weighted by Crippen LogP contribution is -2.40. The third-order valence-electron chi connectivity index (χ3n) is 2.61. The van der Waals surface area contributed by atoms with Gasteiger partial charge in [0.1, 0.15) is 0 Å². The summed E-state index contributed by atoms with van der Waals surface area (Å²) in [5.74, 6) is 0. The minimum Gasteiger partial charge on any atom is -0.380 e. The van der Waals surface area contributed by atoms with Crippen molar-refractivity contribution in [1.82, 2.24) is 4.90 Å². The quantitative estimate of drug-likeness (QED) is 0.612. The molecule has 0 unspecified atom stereocenters. The van der Waals surface area contributed by atoms with Crippen LogP contribution in [0.4, 0.5) is 5.69 Å². The molecule has 0 amide bonds. The Balaban J connectivity index is 2.41. The maximum absolute atomic E-state index is 11.2. The van der Waals surface area contributed by atoms with Gasteiger partial charge in [-0.15, -0.1) is 0 Å². The largest absolute Gasteiger partial charge is 0.380 e. The van der Waals surface area contributed by atoms with Crippen LogP contribution in [-0.4, -0.2) is 31.6 Å². The van der Waals surface area contributed by atoms with Gasteiger partial charge in [-0.05, 0) is 20.0 Å². The van der Waals surface area contributed by atoms with Gasteiger partial charge in [-0.25, -0.2) is 0 Å². The fourth-order valence-electron chi connectivity index (χ4n) is 1.69. The molecule has 0 aliphatic heterocycles. The molecule has 1 rings (SSSR count). The molecule has 0 heterocycles. The Morgan fingerprint density at radius 3 is 2.50 bits per heavy atom. The molecule has 0 saturated heterocycles. The van der Waals surface area contributed by atoms with Gasteiger partial charge in [0, 0.05) is 25.2 Å². The van der Waals surface area contributed by atoms with Crippen LogP contribution >= 0.6 is 0 Å². The van der Waals surface area contributed by atoms with Gasteiger partial charge in [-0.3, -0.25) is 9.59 Å². The van der Waals surface area contributed by atoms with Gasteiger partial charge >= 0.3 is 0 Å². The molecule has 0 aromatic heterocycles. The molecular weight excluding hydrogens is 206 g/mol. The lowest BCUT2D eigenvalue weighted by molar-refractivity contribution is 0.347. The highest BCUT2D eigenvalue weighted by Gasteiger charge is 2.18. The Kier molecular flexibility index (Phi) is 4.64. The van der Waals surface area contributed by atoms with Crippen LogP contribution in [0.25, 0.3) is 0 Å². The lowest BCUT2D eigenvalue weighted by atomic mass is 10.1. The van der Waals surface area contributed by atoms with Crippen LogP contribution in [-0.2, 0) is 6.54 Å². The Hall–Kier alpha value is -1.20. The average molecular weight is 225 g/mol. The van der Waals surface area contributed by atoms with Crippen molar-refractivity contribution in [3.63, 3.8) is 0 Å². The fraction of sp³-hybridized carbons (Fsp3) is 0.636. The first-order valence-electron chi connectivity index (χ1n) is 5.56. The molecule has 0 spiro atoms. The summed E-state index contributed by atoms with van der Waals surface area (Å²) in [5, 5.41) is 2.98. The van der Waals surface area contributed by atoms with Gasteiger partial charge in [0.25, 0.3) is 0 Å². The predicted octanol–water partition coefficient (Wildman–Crippen LogP) is -0.505. The first-order chi connectivity index (χ1) is 7.61. The second kappa shape index (κ2) is 5.77. The third kappa shape index (κ3) is 2.68. The number of hydrogen-bond acceptors (Lipinski definition) is 5. The van der Waals surface area contributed by atoms with Gasteiger partial charge in [-0.1, -0.05) is 6.92 Å². The highest BCUT2D eigenvalue weighted by Crippen LogP contribution is 2.05. The van der Waals surface area contributed by atoms with E-state index >= 15 is 0 Å². The normalized spacial score (nSPS) is 11.2. The van der Waals surface area contributed by atoms with Crippen molar-refractivity contribution < 1.29 is 0 Å². The van der Waals surface area contributed by atoms with Crippen LogP contribution in [0.2, 0.25) is 0 Å². The Bertz CT molecular complexity index is 407. The number of rotatable bonds is 7. The van der Waals surface area contributed by atoms with Crippen molar-refractivity contribution in [3.05, 3.63) is 26.0 Å². The van der Waals surface area contributed by atoms with E-state index in [0.717, 1.165) is 19.5 Å². The molecule has 0 aliphatic carbocycles. The number of nitrogens with one attached hydrogen (secondary N) is 1. The molecule has 5 nitrogen and oxygen atoms in total. The molecule has 0 aliphatic rings. The van der Waals surface area contributed by atoms with Crippen LogP contribution in [0.15, 0.2) is 9.59 Å². The molecule has 3 N–H and O–H groups in total. The number of likely N-dealkylation sites (N-methyl/N-ethyl adjacent to an activating group) is 1. The molecular formula is C11H19N3O2. The molecule has 1 aromatic carbocycles. The summed E-state index contributed by atoms with van der Waals surface area (Å²) < 4.78 is 0. The number of nitrogens with two attached hydrogens (primary N) is 1. The average Bonchev–Trinajstić information content (AvgIpc) is 2.27. The summed E-state index contributed by atoms with van der Waals surface area (Å²) in [7, 11) is 2.02. The van der Waals surface area contributed by atoms with Gasteiger partial charge in [-0.2, -0.15) is 0 Å². The Morgan fingerprint density at radius 1 is 1.25 bits per heavy atom. The Labute approximate surface area is 94.9 Å². The fourth-order valence-corrected chi connectivity index (χ4v) is 1.69. The zero-order chi connectivity index (χ0) is 12.1. The zero-order valence-corrected chi connectivity index (χ0v) is 9.88. The van der Waals surface area contributed by atoms with Crippen LogP contribution < -0.4 is 21.9 Å². The standard InChI is InChI=1S/C11H19N3O2/c1-3-5-14(2)6-4-13-9-8(7-12)10(15)11(9)16/h13H,3-7,12H2,1-2H3. The topological polar surface area (TPSA) is 75.4 Å². The molecule has 0 bridgehead atoms. The third-order valence-corrected chi connectivity index (χ3v) is 2.61. The molecule has 90 valence electrons. The van der Waals surface area contributed by atoms with Gasteiger partial charge in [0.05, 0.1) is 5.69 Å². The summed E-state index contributed by atoms with van der Waals surface area (Å²) >= 11 is 0. The lowest BCUT2D eigenvalue weighted by Gasteiger charge is -2.17. The molecule has 0 radical (unpaired) electrons. The summed E-state index contributed by atoms with van der Waals surface area (Å²) in [4.78, 5) is 24.4. The maximum atomic E-state index is 11.2. The SMILES string of the molecule is CCCN(C)CCNc1c(CN)c(=O)c1=O.